The lowest BCUT2D eigenvalue weighted by Gasteiger charge is -2.07. The standard InChI is InChI=1S/C22H19FN2O3/c23-19-8-6-18(7-9-19)16-24-28-22(26)25-20-10-12-21(13-11-20)27-15-14-17-4-2-1-3-5-17/h1-13,16H,14-15H2,(H,25,26). The maximum Gasteiger partial charge on any atom is 0.437 e. The molecule has 5 nitrogen and oxygen atoms in total. The van der Waals surface area contributed by atoms with Gasteiger partial charge in [-0.1, -0.05) is 47.6 Å². The number of hydrogen-bond donors (Lipinski definition) is 1. The SMILES string of the molecule is O=C(Nc1ccc(OCCc2ccccc2)cc1)ON=Cc1ccc(F)cc1. The number of carbonyl (C=O) groups is 1. The summed E-state index contributed by atoms with van der Waals surface area (Å²) in [6.45, 7) is 0.566. The van der Waals surface area contributed by atoms with Crippen molar-refractivity contribution in [2.75, 3.05) is 11.9 Å². The molecule has 0 aliphatic carbocycles. The molecule has 142 valence electrons. The van der Waals surface area contributed by atoms with Crippen LogP contribution in [0.1, 0.15) is 11.1 Å². The van der Waals surface area contributed by atoms with Crippen molar-refractivity contribution in [3.8, 4) is 5.75 Å². The summed E-state index contributed by atoms with van der Waals surface area (Å²) in [5.41, 5.74) is 2.38. The number of carbonyl (C=O) groups excluding carboxylic acids is 1. The van der Waals surface area contributed by atoms with Crippen molar-refractivity contribution in [3.63, 3.8) is 0 Å². The summed E-state index contributed by atoms with van der Waals surface area (Å²) >= 11 is 0. The predicted molar refractivity (Wildman–Crippen MR) is 106 cm³/mol. The molecule has 1 amide bonds. The van der Waals surface area contributed by atoms with E-state index < -0.39 is 6.09 Å². The smallest absolute Gasteiger partial charge is 0.437 e. The van der Waals surface area contributed by atoms with E-state index in [1.165, 1.54) is 36.0 Å². The molecule has 0 radical (unpaired) electrons. The minimum Gasteiger partial charge on any atom is -0.493 e. The summed E-state index contributed by atoms with van der Waals surface area (Å²) in [6.07, 6.45) is 1.41. The van der Waals surface area contributed by atoms with E-state index in [-0.39, 0.29) is 5.82 Å². The highest BCUT2D eigenvalue weighted by Crippen LogP contribution is 2.16. The van der Waals surface area contributed by atoms with Gasteiger partial charge in [0.1, 0.15) is 11.6 Å². The van der Waals surface area contributed by atoms with Crippen molar-refractivity contribution in [2.24, 2.45) is 5.16 Å². The molecule has 0 spiro atoms. The molecule has 3 aromatic carbocycles. The molecule has 3 rings (SSSR count). The van der Waals surface area contributed by atoms with Crippen LogP contribution in [0.3, 0.4) is 0 Å². The first-order valence-electron chi connectivity index (χ1n) is 8.73. The molecule has 0 aliphatic heterocycles. The second kappa shape index (κ2) is 9.87. The average Bonchev–Trinajstić information content (AvgIpc) is 2.72. The molecule has 3 aromatic rings. The zero-order chi connectivity index (χ0) is 19.6. The fourth-order valence-electron chi connectivity index (χ4n) is 2.39. The van der Waals surface area contributed by atoms with E-state index >= 15 is 0 Å². The van der Waals surface area contributed by atoms with Gasteiger partial charge < -0.3 is 4.74 Å². The number of benzene rings is 3. The average molecular weight is 378 g/mol. The normalized spacial score (nSPS) is 10.6. The quantitative estimate of drug-likeness (QED) is 0.356. The van der Waals surface area contributed by atoms with Crippen molar-refractivity contribution in [1.29, 1.82) is 0 Å². The molecule has 6 heteroatoms. The number of rotatable bonds is 7. The Morgan fingerprint density at radius 1 is 0.964 bits per heavy atom. The number of ether oxygens (including phenoxy) is 1. The second-order valence-electron chi connectivity index (χ2n) is 5.90. The van der Waals surface area contributed by atoms with Crippen LogP contribution in [-0.4, -0.2) is 18.9 Å². The molecular formula is C22H19FN2O3. The van der Waals surface area contributed by atoms with E-state index in [4.69, 9.17) is 9.57 Å². The van der Waals surface area contributed by atoms with E-state index in [0.717, 1.165) is 6.42 Å². The lowest BCUT2D eigenvalue weighted by Crippen LogP contribution is -2.10. The highest BCUT2D eigenvalue weighted by molar-refractivity contribution is 5.85. The van der Waals surface area contributed by atoms with Gasteiger partial charge in [0, 0.05) is 12.1 Å². The molecule has 0 fully saturated rings. The van der Waals surface area contributed by atoms with Gasteiger partial charge in [0.05, 0.1) is 12.8 Å². The highest BCUT2D eigenvalue weighted by atomic mass is 19.1. The van der Waals surface area contributed by atoms with Gasteiger partial charge in [0.25, 0.3) is 0 Å². The van der Waals surface area contributed by atoms with Gasteiger partial charge in [-0.05, 0) is 47.5 Å². The molecule has 0 heterocycles. The number of oxime groups is 1. The first kappa shape index (κ1) is 19.1. The minimum atomic E-state index is -0.726. The Balaban J connectivity index is 1.41. The summed E-state index contributed by atoms with van der Waals surface area (Å²) in [7, 11) is 0. The molecule has 0 aromatic heterocycles. The highest BCUT2D eigenvalue weighted by Gasteiger charge is 2.03. The van der Waals surface area contributed by atoms with Crippen LogP contribution in [0.15, 0.2) is 84.0 Å². The molecular weight excluding hydrogens is 359 g/mol. The Morgan fingerprint density at radius 2 is 1.68 bits per heavy atom. The second-order valence-corrected chi connectivity index (χ2v) is 5.90. The number of nitrogens with one attached hydrogen (secondary N) is 1. The maximum atomic E-state index is 12.8. The van der Waals surface area contributed by atoms with Gasteiger partial charge in [0.2, 0.25) is 0 Å². The first-order chi connectivity index (χ1) is 13.7. The minimum absolute atomic E-state index is 0.344. The Morgan fingerprint density at radius 3 is 2.39 bits per heavy atom. The molecule has 0 saturated heterocycles. The largest absolute Gasteiger partial charge is 0.493 e. The van der Waals surface area contributed by atoms with E-state index in [0.29, 0.717) is 23.6 Å². The summed E-state index contributed by atoms with van der Waals surface area (Å²) < 4.78 is 18.5. The molecule has 0 bridgehead atoms. The van der Waals surface area contributed by atoms with Crippen LogP contribution < -0.4 is 10.1 Å². The number of amides is 1. The summed E-state index contributed by atoms with van der Waals surface area (Å²) in [4.78, 5) is 16.5. The Bertz CT molecular complexity index is 911. The summed E-state index contributed by atoms with van der Waals surface area (Å²) in [5.74, 6) is 0.368. The monoisotopic (exact) mass is 378 g/mol. The molecule has 0 saturated carbocycles. The van der Waals surface area contributed by atoms with Crippen LogP contribution in [0.2, 0.25) is 0 Å². The molecule has 0 atom stereocenters. The molecule has 1 N–H and O–H groups in total. The topological polar surface area (TPSA) is 59.9 Å². The third kappa shape index (κ3) is 6.25. The van der Waals surface area contributed by atoms with E-state index in [1.54, 1.807) is 24.3 Å². The van der Waals surface area contributed by atoms with Gasteiger partial charge >= 0.3 is 6.09 Å². The van der Waals surface area contributed by atoms with Crippen molar-refractivity contribution in [2.45, 2.75) is 6.42 Å². The lowest BCUT2D eigenvalue weighted by atomic mass is 10.2. The molecule has 0 aliphatic rings. The zero-order valence-electron chi connectivity index (χ0n) is 15.0. The van der Waals surface area contributed by atoms with Crippen LogP contribution in [0.5, 0.6) is 5.75 Å². The lowest BCUT2D eigenvalue weighted by molar-refractivity contribution is 0.167. The Kier molecular flexibility index (Phi) is 6.73. The fourth-order valence-corrected chi connectivity index (χ4v) is 2.39. The number of hydrogen-bond acceptors (Lipinski definition) is 4. The van der Waals surface area contributed by atoms with Crippen LogP contribution in [0, 0.1) is 5.82 Å². The van der Waals surface area contributed by atoms with E-state index in [1.807, 2.05) is 18.2 Å². The fraction of sp³-hybridized carbons (Fsp3) is 0.0909. The maximum absolute atomic E-state index is 12.8. The molecule has 28 heavy (non-hydrogen) atoms. The number of anilines is 1. The van der Waals surface area contributed by atoms with Gasteiger partial charge in [-0.15, -0.1) is 0 Å². The predicted octanol–water partition coefficient (Wildman–Crippen LogP) is 5.03. The number of halogens is 1. The van der Waals surface area contributed by atoms with Crippen LogP contribution >= 0.6 is 0 Å². The Labute approximate surface area is 162 Å². The van der Waals surface area contributed by atoms with E-state index in [2.05, 4.69) is 22.6 Å². The van der Waals surface area contributed by atoms with Gasteiger partial charge in [-0.25, -0.2) is 9.18 Å². The third-order valence-corrected chi connectivity index (χ3v) is 3.81. The van der Waals surface area contributed by atoms with Crippen LogP contribution in [0.4, 0.5) is 14.9 Å². The van der Waals surface area contributed by atoms with Crippen LogP contribution in [-0.2, 0) is 11.3 Å². The van der Waals surface area contributed by atoms with Crippen molar-refractivity contribution >= 4 is 18.0 Å². The van der Waals surface area contributed by atoms with E-state index in [9.17, 15) is 9.18 Å². The third-order valence-electron chi connectivity index (χ3n) is 3.81. The first-order valence-corrected chi connectivity index (χ1v) is 8.73. The van der Waals surface area contributed by atoms with Gasteiger partial charge in [0.15, 0.2) is 0 Å². The summed E-state index contributed by atoms with van der Waals surface area (Å²) in [5, 5.41) is 6.13. The Hall–Kier alpha value is -3.67. The van der Waals surface area contributed by atoms with Crippen molar-refractivity contribution in [3.05, 3.63) is 95.8 Å². The summed E-state index contributed by atoms with van der Waals surface area (Å²) in [6, 6.07) is 22.7. The van der Waals surface area contributed by atoms with Crippen molar-refractivity contribution in [1.82, 2.24) is 0 Å². The zero-order valence-corrected chi connectivity index (χ0v) is 15.0. The van der Waals surface area contributed by atoms with Crippen molar-refractivity contribution < 1.29 is 18.8 Å². The molecule has 0 unspecified atom stereocenters. The van der Waals surface area contributed by atoms with Gasteiger partial charge in [-0.3, -0.25) is 10.2 Å². The van der Waals surface area contributed by atoms with Gasteiger partial charge in [-0.2, -0.15) is 0 Å². The number of nitrogens with zero attached hydrogens (tertiary/aromatic N) is 1. The van der Waals surface area contributed by atoms with Crippen LogP contribution in [0.25, 0.3) is 0 Å².